The molecule has 1 amide bonds. The van der Waals surface area contributed by atoms with Crippen molar-refractivity contribution in [2.24, 2.45) is 0 Å². The van der Waals surface area contributed by atoms with E-state index in [-0.39, 0.29) is 12.5 Å². The van der Waals surface area contributed by atoms with Crippen molar-refractivity contribution in [3.8, 4) is 5.69 Å². The van der Waals surface area contributed by atoms with Crippen LogP contribution in [0.5, 0.6) is 0 Å². The number of carbonyl (C=O) groups is 1. The van der Waals surface area contributed by atoms with Crippen molar-refractivity contribution in [3.05, 3.63) is 77.7 Å². The third-order valence-electron chi connectivity index (χ3n) is 6.13. The molecular formula is C25H24F3N7O. The van der Waals surface area contributed by atoms with Crippen LogP contribution in [0, 0.1) is 6.92 Å². The Morgan fingerprint density at radius 2 is 1.86 bits per heavy atom. The number of fused-ring (bicyclic) bond motifs is 1. The number of carbonyl (C=O) groups excluding carboxylic acids is 1. The highest BCUT2D eigenvalue weighted by molar-refractivity contribution is 5.88. The number of anilines is 1. The van der Waals surface area contributed by atoms with Gasteiger partial charge in [-0.2, -0.15) is 13.2 Å². The molecule has 0 radical (unpaired) electrons. The number of amides is 1. The minimum atomic E-state index is -4.39. The monoisotopic (exact) mass is 495 g/mol. The molecule has 4 aromatic rings. The molecule has 5 rings (SSSR count). The van der Waals surface area contributed by atoms with Gasteiger partial charge in [0.05, 0.1) is 16.6 Å². The molecule has 2 aromatic heterocycles. The van der Waals surface area contributed by atoms with Gasteiger partial charge in [0.2, 0.25) is 5.91 Å². The van der Waals surface area contributed by atoms with Gasteiger partial charge >= 0.3 is 6.18 Å². The van der Waals surface area contributed by atoms with Crippen molar-refractivity contribution in [1.29, 1.82) is 0 Å². The number of piperazine rings is 1. The highest BCUT2D eigenvalue weighted by atomic mass is 19.4. The largest absolute Gasteiger partial charge is 0.416 e. The summed E-state index contributed by atoms with van der Waals surface area (Å²) in [6.07, 6.45) is -1.04. The van der Waals surface area contributed by atoms with E-state index in [0.29, 0.717) is 36.7 Å². The molecule has 1 aliphatic rings. The van der Waals surface area contributed by atoms with E-state index < -0.39 is 17.8 Å². The van der Waals surface area contributed by atoms with Crippen LogP contribution in [0.25, 0.3) is 16.7 Å². The van der Waals surface area contributed by atoms with E-state index in [9.17, 15) is 18.0 Å². The molecule has 2 N–H and O–H groups in total. The number of rotatable bonds is 5. The Bertz CT molecular complexity index is 1370. The van der Waals surface area contributed by atoms with Gasteiger partial charge in [-0.25, -0.2) is 14.6 Å². The molecule has 2 aromatic carbocycles. The highest BCUT2D eigenvalue weighted by Crippen LogP contribution is 2.29. The molecule has 3 heterocycles. The van der Waals surface area contributed by atoms with Crippen molar-refractivity contribution < 1.29 is 18.0 Å². The first-order valence-electron chi connectivity index (χ1n) is 11.5. The average Bonchev–Trinajstić information content (AvgIpc) is 3.32. The van der Waals surface area contributed by atoms with E-state index in [1.165, 1.54) is 18.5 Å². The first-order valence-corrected chi connectivity index (χ1v) is 11.5. The summed E-state index contributed by atoms with van der Waals surface area (Å²) in [6.45, 7) is 3.74. The van der Waals surface area contributed by atoms with E-state index in [1.54, 1.807) is 4.68 Å². The first-order chi connectivity index (χ1) is 17.3. The zero-order chi connectivity index (χ0) is 25.3. The molecule has 11 heteroatoms. The van der Waals surface area contributed by atoms with Crippen LogP contribution in [0.15, 0.2) is 61.1 Å². The van der Waals surface area contributed by atoms with Gasteiger partial charge in [0.15, 0.2) is 5.65 Å². The molecule has 186 valence electrons. The Morgan fingerprint density at radius 3 is 2.58 bits per heavy atom. The fourth-order valence-corrected chi connectivity index (χ4v) is 4.15. The summed E-state index contributed by atoms with van der Waals surface area (Å²) in [4.78, 5) is 23.6. The van der Waals surface area contributed by atoms with Crippen molar-refractivity contribution in [1.82, 2.24) is 30.4 Å². The summed E-state index contributed by atoms with van der Waals surface area (Å²) in [5.41, 5.74) is 2.49. The van der Waals surface area contributed by atoms with E-state index in [1.807, 2.05) is 42.3 Å². The number of aromatic nitrogens is 4. The normalized spacial score (nSPS) is 16.3. The first kappa shape index (κ1) is 23.7. The van der Waals surface area contributed by atoms with Crippen molar-refractivity contribution in [2.45, 2.75) is 25.7 Å². The van der Waals surface area contributed by atoms with E-state index in [4.69, 9.17) is 0 Å². The van der Waals surface area contributed by atoms with Gasteiger partial charge in [-0.05, 0) is 36.8 Å². The second-order valence-electron chi connectivity index (χ2n) is 8.71. The SMILES string of the molecule is Cc1ccc(-n2cc3c(N4CCNC(C(=O)NCc5ccc(C(F)(F)F)cc5)C4)ncnc3n2)cc1. The lowest BCUT2D eigenvalue weighted by Gasteiger charge is -2.33. The predicted octanol–water partition coefficient (Wildman–Crippen LogP) is 3.24. The van der Waals surface area contributed by atoms with Crippen LogP contribution in [-0.2, 0) is 17.5 Å². The molecule has 0 aliphatic carbocycles. The number of halogens is 3. The number of nitrogens with zero attached hydrogens (tertiary/aromatic N) is 5. The standard InChI is InChI=1S/C25H24F3N7O/c1-16-2-8-19(9-3-16)35-13-20-22(33-35)31-15-32-23(20)34-11-10-29-21(14-34)24(36)30-12-17-4-6-18(7-5-17)25(26,27)28/h2-9,13,15,21,29H,10-12,14H2,1H3,(H,30,36). The van der Waals surface area contributed by atoms with Crippen LogP contribution < -0.4 is 15.5 Å². The fourth-order valence-electron chi connectivity index (χ4n) is 4.15. The van der Waals surface area contributed by atoms with Crippen LogP contribution in [0.4, 0.5) is 19.0 Å². The molecule has 0 saturated carbocycles. The summed E-state index contributed by atoms with van der Waals surface area (Å²) < 4.78 is 40.0. The number of hydrogen-bond acceptors (Lipinski definition) is 6. The molecule has 36 heavy (non-hydrogen) atoms. The summed E-state index contributed by atoms with van der Waals surface area (Å²) in [6, 6.07) is 12.2. The molecule has 0 spiro atoms. The zero-order valence-corrected chi connectivity index (χ0v) is 19.5. The summed E-state index contributed by atoms with van der Waals surface area (Å²) in [5.74, 6) is 0.459. The Kier molecular flexibility index (Phi) is 6.31. The van der Waals surface area contributed by atoms with Crippen LogP contribution in [0.1, 0.15) is 16.7 Å². The van der Waals surface area contributed by atoms with Gasteiger partial charge in [-0.3, -0.25) is 4.79 Å². The molecule has 0 bridgehead atoms. The van der Waals surface area contributed by atoms with Gasteiger partial charge in [-0.15, -0.1) is 5.10 Å². The number of aryl methyl sites for hydroxylation is 1. The maximum atomic E-state index is 12.8. The minimum absolute atomic E-state index is 0.135. The van der Waals surface area contributed by atoms with E-state index in [2.05, 4.69) is 25.7 Å². The zero-order valence-electron chi connectivity index (χ0n) is 19.5. The van der Waals surface area contributed by atoms with Crippen molar-refractivity contribution >= 4 is 22.8 Å². The molecule has 1 fully saturated rings. The van der Waals surface area contributed by atoms with Crippen molar-refractivity contribution in [3.63, 3.8) is 0 Å². The van der Waals surface area contributed by atoms with Crippen LogP contribution in [0.3, 0.4) is 0 Å². The molecule has 1 aliphatic heterocycles. The maximum Gasteiger partial charge on any atom is 0.416 e. The number of benzene rings is 2. The number of nitrogens with one attached hydrogen (secondary N) is 2. The second-order valence-corrected chi connectivity index (χ2v) is 8.71. The van der Waals surface area contributed by atoms with Gasteiger partial charge < -0.3 is 15.5 Å². The molecule has 1 atom stereocenters. The highest BCUT2D eigenvalue weighted by Gasteiger charge is 2.30. The Balaban J connectivity index is 1.28. The average molecular weight is 496 g/mol. The van der Waals surface area contributed by atoms with Crippen molar-refractivity contribution in [2.75, 3.05) is 24.5 Å². The van der Waals surface area contributed by atoms with Gasteiger partial charge in [0.1, 0.15) is 18.2 Å². The summed E-state index contributed by atoms with van der Waals surface area (Å²) in [5, 5.41) is 11.4. The van der Waals surface area contributed by atoms with E-state index in [0.717, 1.165) is 28.8 Å². The number of hydrogen-bond donors (Lipinski definition) is 2. The minimum Gasteiger partial charge on any atom is -0.353 e. The lowest BCUT2D eigenvalue weighted by molar-refractivity contribution is -0.137. The number of alkyl halides is 3. The topological polar surface area (TPSA) is 88.0 Å². The molecule has 8 nitrogen and oxygen atoms in total. The van der Waals surface area contributed by atoms with Gasteiger partial charge in [0, 0.05) is 32.4 Å². The Morgan fingerprint density at radius 1 is 1.11 bits per heavy atom. The summed E-state index contributed by atoms with van der Waals surface area (Å²) in [7, 11) is 0. The predicted molar refractivity (Wildman–Crippen MR) is 129 cm³/mol. The Labute approximate surface area is 205 Å². The quantitative estimate of drug-likeness (QED) is 0.442. The van der Waals surface area contributed by atoms with Crippen LogP contribution >= 0.6 is 0 Å². The second kappa shape index (κ2) is 9.57. The fraction of sp³-hybridized carbons (Fsp3) is 0.280. The van der Waals surface area contributed by atoms with Gasteiger partial charge in [-0.1, -0.05) is 29.8 Å². The maximum absolute atomic E-state index is 12.8. The Hall–Kier alpha value is -3.99. The molecule has 1 unspecified atom stereocenters. The van der Waals surface area contributed by atoms with Gasteiger partial charge in [0.25, 0.3) is 0 Å². The molecule has 1 saturated heterocycles. The summed E-state index contributed by atoms with van der Waals surface area (Å²) >= 11 is 0. The van der Waals surface area contributed by atoms with Crippen LogP contribution in [-0.4, -0.2) is 51.3 Å². The lowest BCUT2D eigenvalue weighted by Crippen LogP contribution is -2.57. The smallest absolute Gasteiger partial charge is 0.353 e. The third kappa shape index (κ3) is 5.01. The van der Waals surface area contributed by atoms with Crippen LogP contribution in [0.2, 0.25) is 0 Å². The molecular weight excluding hydrogens is 471 g/mol. The van der Waals surface area contributed by atoms with E-state index >= 15 is 0 Å². The third-order valence-corrected chi connectivity index (χ3v) is 6.13. The lowest BCUT2D eigenvalue weighted by atomic mass is 10.1.